The molecule has 0 radical (unpaired) electrons. The van der Waals surface area contributed by atoms with E-state index in [1.165, 1.54) is 0 Å². The largest absolute Gasteiger partial charge is 0.492 e. The van der Waals surface area contributed by atoms with Gasteiger partial charge in [0.1, 0.15) is 5.75 Å². The summed E-state index contributed by atoms with van der Waals surface area (Å²) in [6, 6.07) is 3.99. The first-order chi connectivity index (χ1) is 7.54. The van der Waals surface area contributed by atoms with Crippen LogP contribution in [-0.4, -0.2) is 12.6 Å². The molecule has 1 rings (SSSR count). The minimum Gasteiger partial charge on any atom is -0.492 e. The summed E-state index contributed by atoms with van der Waals surface area (Å²) in [5, 5.41) is 4.52. The fraction of sp³-hybridized carbons (Fsp3) is 0.500. The Bertz CT molecular complexity index is 353. The Morgan fingerprint density at radius 2 is 2.00 bits per heavy atom. The summed E-state index contributed by atoms with van der Waals surface area (Å²) < 4.78 is 5.52. The monoisotopic (exact) mass is 261 g/mol. The molecule has 0 aliphatic rings. The molecule has 0 amide bonds. The number of nitrogens with one attached hydrogen (secondary N) is 1. The van der Waals surface area contributed by atoms with Gasteiger partial charge >= 0.3 is 0 Å². The Morgan fingerprint density at radius 3 is 2.56 bits per heavy atom. The third-order valence-corrected chi connectivity index (χ3v) is 2.57. The van der Waals surface area contributed by atoms with Gasteiger partial charge in [-0.3, -0.25) is 0 Å². The number of hydrogen-bond acceptors (Lipinski definition) is 2. The lowest BCUT2D eigenvalue weighted by Crippen LogP contribution is -2.22. The van der Waals surface area contributed by atoms with Crippen molar-refractivity contribution in [3.63, 3.8) is 0 Å². The Hall–Kier alpha value is -0.440. The van der Waals surface area contributed by atoms with Crippen molar-refractivity contribution in [2.24, 2.45) is 0 Å². The molecule has 0 saturated heterocycles. The van der Waals surface area contributed by atoms with Gasteiger partial charge in [0.25, 0.3) is 0 Å². The van der Waals surface area contributed by atoms with Crippen LogP contribution in [0.1, 0.15) is 26.3 Å². The standard InChI is InChI=1S/C12H17Cl2NO/c1-4-16-12-9(7-15-8(2)3)5-10(13)6-11(12)14/h5-6,8,15H,4,7H2,1-3H3. The second kappa shape index (κ2) is 6.33. The number of ether oxygens (including phenoxy) is 1. The fourth-order valence-corrected chi connectivity index (χ4v) is 1.96. The minimum atomic E-state index is 0.409. The summed E-state index contributed by atoms with van der Waals surface area (Å²) in [6.45, 7) is 7.41. The topological polar surface area (TPSA) is 21.3 Å². The maximum atomic E-state index is 6.09. The minimum absolute atomic E-state index is 0.409. The van der Waals surface area contributed by atoms with Gasteiger partial charge in [0.15, 0.2) is 0 Å². The molecule has 0 aromatic heterocycles. The average molecular weight is 262 g/mol. The van der Waals surface area contributed by atoms with Gasteiger partial charge in [-0.05, 0) is 19.1 Å². The molecule has 2 nitrogen and oxygen atoms in total. The molecule has 0 saturated carbocycles. The molecular weight excluding hydrogens is 245 g/mol. The van der Waals surface area contributed by atoms with Gasteiger partial charge in [-0.25, -0.2) is 0 Å². The summed E-state index contributed by atoms with van der Waals surface area (Å²) in [6.07, 6.45) is 0. The molecule has 0 spiro atoms. The highest BCUT2D eigenvalue weighted by molar-refractivity contribution is 6.35. The lowest BCUT2D eigenvalue weighted by atomic mass is 10.2. The molecule has 1 N–H and O–H groups in total. The van der Waals surface area contributed by atoms with Crippen LogP contribution in [-0.2, 0) is 6.54 Å². The third kappa shape index (κ3) is 3.85. The molecule has 0 heterocycles. The van der Waals surface area contributed by atoms with Crippen LogP contribution in [0.3, 0.4) is 0 Å². The molecule has 16 heavy (non-hydrogen) atoms. The fourth-order valence-electron chi connectivity index (χ4n) is 1.37. The molecular formula is C12H17Cl2NO. The van der Waals surface area contributed by atoms with Gasteiger partial charge in [-0.2, -0.15) is 0 Å². The molecule has 0 aliphatic heterocycles. The smallest absolute Gasteiger partial charge is 0.142 e. The van der Waals surface area contributed by atoms with Crippen molar-refractivity contribution in [3.05, 3.63) is 27.7 Å². The highest BCUT2D eigenvalue weighted by atomic mass is 35.5. The van der Waals surface area contributed by atoms with Gasteiger partial charge < -0.3 is 10.1 Å². The molecule has 90 valence electrons. The summed E-state index contributed by atoms with van der Waals surface area (Å²) >= 11 is 12.1. The second-order valence-electron chi connectivity index (χ2n) is 3.84. The lowest BCUT2D eigenvalue weighted by Gasteiger charge is -2.14. The summed E-state index contributed by atoms with van der Waals surface area (Å²) in [7, 11) is 0. The van der Waals surface area contributed by atoms with E-state index in [2.05, 4.69) is 19.2 Å². The van der Waals surface area contributed by atoms with E-state index in [0.717, 1.165) is 11.3 Å². The van der Waals surface area contributed by atoms with Crippen molar-refractivity contribution >= 4 is 23.2 Å². The highest BCUT2D eigenvalue weighted by Crippen LogP contribution is 2.32. The van der Waals surface area contributed by atoms with Crippen LogP contribution in [0.4, 0.5) is 0 Å². The van der Waals surface area contributed by atoms with E-state index >= 15 is 0 Å². The van der Waals surface area contributed by atoms with Gasteiger partial charge in [-0.1, -0.05) is 37.0 Å². The first kappa shape index (κ1) is 13.6. The van der Waals surface area contributed by atoms with Crippen LogP contribution in [0.2, 0.25) is 10.0 Å². The molecule has 0 atom stereocenters. The van der Waals surface area contributed by atoms with E-state index in [4.69, 9.17) is 27.9 Å². The van der Waals surface area contributed by atoms with Crippen molar-refractivity contribution < 1.29 is 4.74 Å². The average Bonchev–Trinajstić information content (AvgIpc) is 2.19. The summed E-state index contributed by atoms with van der Waals surface area (Å²) in [5.41, 5.74) is 0.994. The molecule has 0 unspecified atom stereocenters. The predicted octanol–water partition coefficient (Wildman–Crippen LogP) is 3.89. The van der Waals surface area contributed by atoms with Crippen LogP contribution < -0.4 is 10.1 Å². The van der Waals surface area contributed by atoms with E-state index in [1.807, 2.05) is 13.0 Å². The Labute approximate surface area is 107 Å². The van der Waals surface area contributed by atoms with Crippen molar-refractivity contribution in [1.82, 2.24) is 5.32 Å². The normalized spacial score (nSPS) is 10.9. The number of rotatable bonds is 5. The van der Waals surface area contributed by atoms with Crippen molar-refractivity contribution in [2.45, 2.75) is 33.4 Å². The molecule has 0 aliphatic carbocycles. The molecule has 0 bridgehead atoms. The molecule has 4 heteroatoms. The molecule has 0 fully saturated rings. The molecule has 1 aromatic rings. The predicted molar refractivity (Wildman–Crippen MR) is 69.6 cm³/mol. The van der Waals surface area contributed by atoms with Crippen molar-refractivity contribution in [2.75, 3.05) is 6.61 Å². The summed E-state index contributed by atoms with van der Waals surface area (Å²) in [5.74, 6) is 0.724. The zero-order chi connectivity index (χ0) is 12.1. The molecule has 1 aromatic carbocycles. The number of halogens is 2. The lowest BCUT2D eigenvalue weighted by molar-refractivity contribution is 0.335. The zero-order valence-corrected chi connectivity index (χ0v) is 11.3. The first-order valence-electron chi connectivity index (χ1n) is 5.38. The quantitative estimate of drug-likeness (QED) is 0.869. The Morgan fingerprint density at radius 1 is 1.31 bits per heavy atom. The second-order valence-corrected chi connectivity index (χ2v) is 4.69. The van der Waals surface area contributed by atoms with Crippen LogP contribution in [0.5, 0.6) is 5.75 Å². The van der Waals surface area contributed by atoms with E-state index in [1.54, 1.807) is 6.07 Å². The highest BCUT2D eigenvalue weighted by Gasteiger charge is 2.10. The van der Waals surface area contributed by atoms with Gasteiger partial charge in [0, 0.05) is 23.2 Å². The maximum Gasteiger partial charge on any atom is 0.142 e. The first-order valence-corrected chi connectivity index (χ1v) is 6.14. The van der Waals surface area contributed by atoms with Crippen molar-refractivity contribution in [1.29, 1.82) is 0 Å². The van der Waals surface area contributed by atoms with Crippen molar-refractivity contribution in [3.8, 4) is 5.75 Å². The van der Waals surface area contributed by atoms with Crippen LogP contribution in [0.15, 0.2) is 12.1 Å². The van der Waals surface area contributed by atoms with Gasteiger partial charge in [-0.15, -0.1) is 0 Å². The van der Waals surface area contributed by atoms with Crippen LogP contribution in [0, 0.1) is 0 Å². The zero-order valence-electron chi connectivity index (χ0n) is 9.81. The Kier molecular flexibility index (Phi) is 5.39. The number of hydrogen-bond donors (Lipinski definition) is 1. The number of benzene rings is 1. The van der Waals surface area contributed by atoms with Crippen LogP contribution >= 0.6 is 23.2 Å². The Balaban J connectivity index is 2.94. The maximum absolute atomic E-state index is 6.09. The van der Waals surface area contributed by atoms with Crippen LogP contribution in [0.25, 0.3) is 0 Å². The SMILES string of the molecule is CCOc1c(Cl)cc(Cl)cc1CNC(C)C. The van der Waals surface area contributed by atoms with E-state index in [-0.39, 0.29) is 0 Å². The summed E-state index contributed by atoms with van der Waals surface area (Å²) in [4.78, 5) is 0. The van der Waals surface area contributed by atoms with E-state index in [0.29, 0.717) is 29.2 Å². The third-order valence-electron chi connectivity index (χ3n) is 2.07. The van der Waals surface area contributed by atoms with E-state index in [9.17, 15) is 0 Å². The van der Waals surface area contributed by atoms with Gasteiger partial charge in [0.05, 0.1) is 11.6 Å². The van der Waals surface area contributed by atoms with E-state index < -0.39 is 0 Å². The van der Waals surface area contributed by atoms with Gasteiger partial charge in [0.2, 0.25) is 0 Å².